The lowest BCUT2D eigenvalue weighted by molar-refractivity contribution is 0.0936. The number of imidazole rings is 1. The zero-order valence-electron chi connectivity index (χ0n) is 17.9. The molecule has 10 heteroatoms. The van der Waals surface area contributed by atoms with Crippen LogP contribution in [0, 0.1) is 0 Å². The summed E-state index contributed by atoms with van der Waals surface area (Å²) < 4.78 is 15.0. The fourth-order valence-corrected chi connectivity index (χ4v) is 3.89. The number of aliphatic hydroxyl groups excluding tert-OH is 1. The van der Waals surface area contributed by atoms with Gasteiger partial charge < -0.3 is 24.0 Å². The molecule has 1 fully saturated rings. The normalized spacial score (nSPS) is 14.9. The summed E-state index contributed by atoms with van der Waals surface area (Å²) in [6.07, 6.45) is 1.18. The van der Waals surface area contributed by atoms with Crippen LogP contribution in [0.2, 0.25) is 0 Å². The second-order valence-corrected chi connectivity index (χ2v) is 7.73. The molecule has 31 heavy (non-hydrogen) atoms. The van der Waals surface area contributed by atoms with E-state index in [1.807, 2.05) is 0 Å². The third-order valence-corrected chi connectivity index (χ3v) is 5.61. The maximum Gasteiger partial charge on any atom is 0.332 e. The third-order valence-electron chi connectivity index (χ3n) is 5.61. The zero-order valence-corrected chi connectivity index (χ0v) is 17.9. The Morgan fingerprint density at radius 3 is 2.35 bits per heavy atom. The second kappa shape index (κ2) is 8.46. The summed E-state index contributed by atoms with van der Waals surface area (Å²) in [4.78, 5) is 32.0. The van der Waals surface area contributed by atoms with Crippen molar-refractivity contribution in [1.29, 1.82) is 0 Å². The van der Waals surface area contributed by atoms with Crippen LogP contribution in [-0.4, -0.2) is 56.7 Å². The number of methoxy groups -OCH3 is 1. The molecule has 0 bridgehead atoms. The van der Waals surface area contributed by atoms with Crippen molar-refractivity contribution in [2.75, 3.05) is 31.7 Å². The van der Waals surface area contributed by atoms with E-state index in [2.05, 4.69) is 9.88 Å². The molecule has 10 nitrogen and oxygen atoms in total. The van der Waals surface area contributed by atoms with E-state index in [9.17, 15) is 14.7 Å². The SMILES string of the molecule is COc1ccc(OC[C@H](O)Cn2c(N3CCCC3)nc3c2c(=O)n(C)c(=O)n3C)cc1. The molecule has 1 atom stereocenters. The van der Waals surface area contributed by atoms with E-state index in [1.54, 1.807) is 43.0 Å². The van der Waals surface area contributed by atoms with Gasteiger partial charge >= 0.3 is 5.69 Å². The van der Waals surface area contributed by atoms with Gasteiger partial charge in [-0.15, -0.1) is 0 Å². The quantitative estimate of drug-likeness (QED) is 0.583. The lowest BCUT2D eigenvalue weighted by Crippen LogP contribution is -2.38. The highest BCUT2D eigenvalue weighted by Gasteiger charge is 2.25. The Morgan fingerprint density at radius 1 is 1.06 bits per heavy atom. The first kappa shape index (κ1) is 21.0. The van der Waals surface area contributed by atoms with E-state index in [0.29, 0.717) is 22.9 Å². The summed E-state index contributed by atoms with van der Waals surface area (Å²) in [6, 6.07) is 7.08. The van der Waals surface area contributed by atoms with Crippen molar-refractivity contribution in [2.45, 2.75) is 25.5 Å². The molecular weight excluding hydrogens is 402 g/mol. The number of aliphatic hydroxyl groups is 1. The smallest absolute Gasteiger partial charge is 0.332 e. The summed E-state index contributed by atoms with van der Waals surface area (Å²) in [5.74, 6) is 1.91. The lowest BCUT2D eigenvalue weighted by Gasteiger charge is -2.20. The Balaban J connectivity index is 1.65. The predicted molar refractivity (Wildman–Crippen MR) is 116 cm³/mol. The van der Waals surface area contributed by atoms with Gasteiger partial charge in [-0.1, -0.05) is 0 Å². The number of aromatic nitrogens is 4. The first-order chi connectivity index (χ1) is 14.9. The number of hydrogen-bond acceptors (Lipinski definition) is 7. The van der Waals surface area contributed by atoms with Crippen LogP contribution in [0.5, 0.6) is 11.5 Å². The second-order valence-electron chi connectivity index (χ2n) is 7.73. The van der Waals surface area contributed by atoms with Crippen molar-refractivity contribution in [3.05, 3.63) is 45.1 Å². The number of fused-ring (bicyclic) bond motifs is 1. The van der Waals surface area contributed by atoms with Crippen LogP contribution in [0.1, 0.15) is 12.8 Å². The first-order valence-electron chi connectivity index (χ1n) is 10.3. The van der Waals surface area contributed by atoms with Crippen molar-refractivity contribution < 1.29 is 14.6 Å². The molecule has 0 aliphatic carbocycles. The molecule has 4 rings (SSSR count). The van der Waals surface area contributed by atoms with E-state index in [0.717, 1.165) is 36.2 Å². The van der Waals surface area contributed by atoms with Gasteiger partial charge in [-0.3, -0.25) is 13.9 Å². The summed E-state index contributed by atoms with van der Waals surface area (Å²) in [5.41, 5.74) is -0.244. The van der Waals surface area contributed by atoms with Crippen LogP contribution in [-0.2, 0) is 20.6 Å². The number of aryl methyl sites for hydroxylation is 1. The minimum absolute atomic E-state index is 0.0392. The van der Waals surface area contributed by atoms with Gasteiger partial charge in [0.05, 0.1) is 13.7 Å². The highest BCUT2D eigenvalue weighted by atomic mass is 16.5. The van der Waals surface area contributed by atoms with Crippen LogP contribution < -0.4 is 25.6 Å². The van der Waals surface area contributed by atoms with Gasteiger partial charge in [-0.2, -0.15) is 4.98 Å². The van der Waals surface area contributed by atoms with Gasteiger partial charge in [0, 0.05) is 27.2 Å². The Bertz CT molecular complexity index is 1190. The van der Waals surface area contributed by atoms with E-state index in [4.69, 9.17) is 9.47 Å². The molecule has 1 aliphatic heterocycles. The molecule has 0 radical (unpaired) electrons. The van der Waals surface area contributed by atoms with Gasteiger partial charge in [-0.05, 0) is 37.1 Å². The minimum Gasteiger partial charge on any atom is -0.497 e. The molecule has 0 spiro atoms. The zero-order chi connectivity index (χ0) is 22.1. The van der Waals surface area contributed by atoms with Crippen LogP contribution in [0.15, 0.2) is 33.9 Å². The maximum absolute atomic E-state index is 12.9. The summed E-state index contributed by atoms with van der Waals surface area (Å²) in [6.45, 7) is 1.79. The van der Waals surface area contributed by atoms with Crippen LogP contribution in [0.25, 0.3) is 11.2 Å². The van der Waals surface area contributed by atoms with Crippen molar-refractivity contribution in [1.82, 2.24) is 18.7 Å². The van der Waals surface area contributed by atoms with Crippen molar-refractivity contribution in [3.8, 4) is 11.5 Å². The van der Waals surface area contributed by atoms with Gasteiger partial charge in [0.25, 0.3) is 5.56 Å². The predicted octanol–water partition coefficient (Wildman–Crippen LogP) is 0.482. The first-order valence-corrected chi connectivity index (χ1v) is 10.3. The monoisotopic (exact) mass is 429 g/mol. The van der Waals surface area contributed by atoms with Gasteiger partial charge in [-0.25, -0.2) is 4.79 Å². The number of hydrogen-bond donors (Lipinski definition) is 1. The highest BCUT2D eigenvalue weighted by Crippen LogP contribution is 2.24. The molecule has 3 aromatic rings. The number of benzene rings is 1. The number of nitrogens with zero attached hydrogens (tertiary/aromatic N) is 5. The Morgan fingerprint density at radius 2 is 1.71 bits per heavy atom. The average Bonchev–Trinajstić information content (AvgIpc) is 3.43. The average molecular weight is 429 g/mol. The van der Waals surface area contributed by atoms with E-state index in [-0.39, 0.29) is 13.2 Å². The van der Waals surface area contributed by atoms with Gasteiger partial charge in [0.2, 0.25) is 5.95 Å². The van der Waals surface area contributed by atoms with Crippen LogP contribution >= 0.6 is 0 Å². The van der Waals surface area contributed by atoms with Crippen molar-refractivity contribution in [2.24, 2.45) is 14.1 Å². The molecule has 0 saturated carbocycles. The lowest BCUT2D eigenvalue weighted by atomic mass is 10.3. The third kappa shape index (κ3) is 3.90. The summed E-state index contributed by atoms with van der Waals surface area (Å²) >= 11 is 0. The van der Waals surface area contributed by atoms with Gasteiger partial charge in [0.1, 0.15) is 24.2 Å². The van der Waals surface area contributed by atoms with Gasteiger partial charge in [0.15, 0.2) is 11.2 Å². The van der Waals surface area contributed by atoms with Crippen molar-refractivity contribution >= 4 is 17.1 Å². The topological polar surface area (TPSA) is 104 Å². The fraction of sp³-hybridized carbons (Fsp3) is 0.476. The minimum atomic E-state index is -0.886. The van der Waals surface area contributed by atoms with Crippen LogP contribution in [0.3, 0.4) is 0 Å². The molecule has 3 heterocycles. The Hall–Kier alpha value is -3.27. The molecule has 1 N–H and O–H groups in total. The Labute approximate surface area is 178 Å². The molecule has 0 amide bonds. The van der Waals surface area contributed by atoms with Crippen molar-refractivity contribution in [3.63, 3.8) is 0 Å². The Kier molecular flexibility index (Phi) is 5.73. The largest absolute Gasteiger partial charge is 0.497 e. The summed E-state index contributed by atoms with van der Waals surface area (Å²) in [5, 5.41) is 10.7. The van der Waals surface area contributed by atoms with E-state index >= 15 is 0 Å². The van der Waals surface area contributed by atoms with Crippen LogP contribution in [0.4, 0.5) is 5.95 Å². The molecular formula is C21H27N5O5. The standard InChI is InChI=1S/C21H27N5O5/c1-23-18-17(19(28)24(2)21(23)29)26(20(22-18)25-10-4-5-11-25)12-14(27)13-31-16-8-6-15(30-3)7-9-16/h6-9,14,27H,4-5,10-13H2,1-3H3/t14-/m1/s1. The maximum atomic E-state index is 12.9. The molecule has 2 aromatic heterocycles. The number of ether oxygens (including phenoxy) is 2. The molecule has 0 unspecified atom stereocenters. The molecule has 1 aliphatic rings. The highest BCUT2D eigenvalue weighted by molar-refractivity contribution is 5.74. The molecule has 166 valence electrons. The van der Waals surface area contributed by atoms with E-state index in [1.165, 1.54) is 11.6 Å². The van der Waals surface area contributed by atoms with E-state index < -0.39 is 17.4 Å². The number of anilines is 1. The number of rotatable bonds is 7. The molecule has 1 aromatic carbocycles. The molecule has 1 saturated heterocycles. The summed E-state index contributed by atoms with van der Waals surface area (Å²) in [7, 11) is 4.63. The fourth-order valence-electron chi connectivity index (χ4n) is 3.89.